The molecule has 0 amide bonds. The van der Waals surface area contributed by atoms with Crippen LogP contribution in [0.5, 0.6) is 5.75 Å². The zero-order valence-electron chi connectivity index (χ0n) is 12.9. The third-order valence-electron chi connectivity index (χ3n) is 3.18. The van der Waals surface area contributed by atoms with Gasteiger partial charge in [0.25, 0.3) is 0 Å². The Labute approximate surface area is 117 Å². The Morgan fingerprint density at radius 1 is 1.00 bits per heavy atom. The minimum atomic E-state index is 0.155. The average molecular weight is 265 g/mol. The maximum absolute atomic E-state index is 5.67. The van der Waals surface area contributed by atoms with Crippen LogP contribution in [0.4, 0.5) is 0 Å². The van der Waals surface area contributed by atoms with Crippen LogP contribution < -0.4 is 10.1 Å². The molecule has 0 aliphatic carbocycles. The summed E-state index contributed by atoms with van der Waals surface area (Å²) < 4.78 is 11.3. The summed E-state index contributed by atoms with van der Waals surface area (Å²) in [5.41, 5.74) is 1.22. The zero-order chi connectivity index (χ0) is 14.4. The van der Waals surface area contributed by atoms with Crippen LogP contribution in [0.15, 0.2) is 24.3 Å². The van der Waals surface area contributed by atoms with Gasteiger partial charge in [0.1, 0.15) is 5.75 Å². The lowest BCUT2D eigenvalue weighted by Crippen LogP contribution is -2.34. The van der Waals surface area contributed by atoms with Crippen LogP contribution in [0.3, 0.4) is 0 Å². The molecule has 1 N–H and O–H groups in total. The molecule has 0 radical (unpaired) electrons. The molecule has 108 valence electrons. The Balaban J connectivity index is 2.87. The van der Waals surface area contributed by atoms with E-state index in [4.69, 9.17) is 9.47 Å². The number of hydrogen-bond acceptors (Lipinski definition) is 3. The van der Waals surface area contributed by atoms with Gasteiger partial charge < -0.3 is 14.8 Å². The first-order valence-corrected chi connectivity index (χ1v) is 6.96. The predicted octanol–water partition coefficient (Wildman–Crippen LogP) is 3.41. The maximum Gasteiger partial charge on any atom is 0.119 e. The van der Waals surface area contributed by atoms with Crippen molar-refractivity contribution in [2.45, 2.75) is 45.9 Å². The quantitative estimate of drug-likeness (QED) is 0.819. The molecule has 1 rings (SSSR count). The van der Waals surface area contributed by atoms with Gasteiger partial charge in [-0.05, 0) is 44.5 Å². The Hall–Kier alpha value is -1.06. The van der Waals surface area contributed by atoms with Crippen molar-refractivity contribution in [3.05, 3.63) is 29.8 Å². The molecular weight excluding hydrogens is 238 g/mol. The summed E-state index contributed by atoms with van der Waals surface area (Å²) in [7, 11) is 3.74. The van der Waals surface area contributed by atoms with E-state index in [2.05, 4.69) is 31.3 Å². The minimum Gasteiger partial charge on any atom is -0.491 e. The Bertz CT molecular complexity index is 360. The van der Waals surface area contributed by atoms with E-state index in [0.717, 1.165) is 5.75 Å². The molecule has 0 fully saturated rings. The molecule has 0 heterocycles. The molecule has 3 heteroatoms. The van der Waals surface area contributed by atoms with Crippen molar-refractivity contribution >= 4 is 0 Å². The molecule has 2 unspecified atom stereocenters. The summed E-state index contributed by atoms with van der Waals surface area (Å²) in [5, 5.41) is 3.35. The van der Waals surface area contributed by atoms with E-state index in [1.165, 1.54) is 5.56 Å². The smallest absolute Gasteiger partial charge is 0.119 e. The normalized spacial score (nSPS) is 14.7. The highest BCUT2D eigenvalue weighted by atomic mass is 16.5. The highest BCUT2D eigenvalue weighted by Crippen LogP contribution is 2.26. The van der Waals surface area contributed by atoms with Crippen LogP contribution in [0.1, 0.15) is 39.3 Å². The second-order valence-electron chi connectivity index (χ2n) is 5.45. The van der Waals surface area contributed by atoms with Gasteiger partial charge in [-0.15, -0.1) is 0 Å². The van der Waals surface area contributed by atoms with Crippen LogP contribution in [0.2, 0.25) is 0 Å². The first kappa shape index (κ1) is 16.0. The van der Waals surface area contributed by atoms with Crippen LogP contribution >= 0.6 is 0 Å². The summed E-state index contributed by atoms with van der Waals surface area (Å²) in [6.07, 6.45) is 0.357. The molecule has 2 atom stereocenters. The number of ether oxygens (including phenoxy) is 2. The highest BCUT2D eigenvalue weighted by molar-refractivity contribution is 5.30. The van der Waals surface area contributed by atoms with Crippen molar-refractivity contribution in [2.24, 2.45) is 5.92 Å². The lowest BCUT2D eigenvalue weighted by Gasteiger charge is -2.29. The number of hydrogen-bond donors (Lipinski definition) is 1. The van der Waals surface area contributed by atoms with Crippen molar-refractivity contribution in [1.82, 2.24) is 5.32 Å². The van der Waals surface area contributed by atoms with Gasteiger partial charge in [-0.2, -0.15) is 0 Å². The summed E-state index contributed by atoms with van der Waals surface area (Å²) in [6.45, 7) is 8.41. The van der Waals surface area contributed by atoms with E-state index in [-0.39, 0.29) is 18.2 Å². The molecular formula is C16H27NO2. The number of methoxy groups -OCH3 is 1. The van der Waals surface area contributed by atoms with Gasteiger partial charge in [0.05, 0.1) is 18.2 Å². The molecule has 1 aromatic carbocycles. The summed E-state index contributed by atoms with van der Waals surface area (Å²) >= 11 is 0. The Morgan fingerprint density at radius 3 is 1.95 bits per heavy atom. The lowest BCUT2D eigenvalue weighted by molar-refractivity contribution is 0.0348. The second kappa shape index (κ2) is 7.51. The third-order valence-corrected chi connectivity index (χ3v) is 3.18. The van der Waals surface area contributed by atoms with Gasteiger partial charge in [0.15, 0.2) is 0 Å². The van der Waals surface area contributed by atoms with Gasteiger partial charge in [0.2, 0.25) is 0 Å². The molecule has 3 nitrogen and oxygen atoms in total. The molecule has 1 aromatic rings. The van der Waals surface area contributed by atoms with E-state index in [9.17, 15) is 0 Å². The van der Waals surface area contributed by atoms with Crippen molar-refractivity contribution in [3.8, 4) is 5.75 Å². The van der Waals surface area contributed by atoms with Crippen molar-refractivity contribution in [2.75, 3.05) is 14.2 Å². The minimum absolute atomic E-state index is 0.155. The summed E-state index contributed by atoms with van der Waals surface area (Å²) in [5.74, 6) is 1.36. The first-order valence-electron chi connectivity index (χ1n) is 6.96. The van der Waals surface area contributed by atoms with Crippen LogP contribution in [-0.2, 0) is 4.74 Å². The van der Waals surface area contributed by atoms with Gasteiger partial charge in [-0.3, -0.25) is 0 Å². The van der Waals surface area contributed by atoms with Crippen LogP contribution in [-0.4, -0.2) is 26.4 Å². The molecule has 0 spiro atoms. The average Bonchev–Trinajstić information content (AvgIpc) is 2.35. The fourth-order valence-corrected chi connectivity index (χ4v) is 2.34. The molecule has 0 saturated carbocycles. The number of likely N-dealkylation sites (N-methyl/N-ethyl adjacent to an activating group) is 1. The standard InChI is InChI=1S/C16H27NO2/c1-11(2)16(18-6)15(17-5)13-7-9-14(10-8-13)19-12(3)4/h7-12,15-17H,1-6H3. The number of nitrogens with one attached hydrogen (secondary N) is 1. The molecule has 0 bridgehead atoms. The van der Waals surface area contributed by atoms with Crippen LogP contribution in [0, 0.1) is 5.92 Å². The Kier molecular flexibility index (Phi) is 6.32. The predicted molar refractivity (Wildman–Crippen MR) is 79.6 cm³/mol. The van der Waals surface area contributed by atoms with E-state index >= 15 is 0 Å². The highest BCUT2D eigenvalue weighted by Gasteiger charge is 2.24. The van der Waals surface area contributed by atoms with Crippen molar-refractivity contribution < 1.29 is 9.47 Å². The third kappa shape index (κ3) is 4.51. The van der Waals surface area contributed by atoms with Gasteiger partial charge in [0, 0.05) is 7.11 Å². The maximum atomic E-state index is 5.67. The van der Waals surface area contributed by atoms with E-state index in [0.29, 0.717) is 5.92 Å². The number of rotatable bonds is 7. The van der Waals surface area contributed by atoms with Gasteiger partial charge in [-0.1, -0.05) is 26.0 Å². The first-order chi connectivity index (χ1) is 8.99. The van der Waals surface area contributed by atoms with Crippen LogP contribution in [0.25, 0.3) is 0 Å². The van der Waals surface area contributed by atoms with Gasteiger partial charge in [-0.25, -0.2) is 0 Å². The fraction of sp³-hybridized carbons (Fsp3) is 0.625. The monoisotopic (exact) mass is 265 g/mol. The largest absolute Gasteiger partial charge is 0.491 e. The van der Waals surface area contributed by atoms with Crippen molar-refractivity contribution in [1.29, 1.82) is 0 Å². The fourth-order valence-electron chi connectivity index (χ4n) is 2.34. The van der Waals surface area contributed by atoms with E-state index < -0.39 is 0 Å². The molecule has 0 aliphatic rings. The molecule has 0 aliphatic heterocycles. The summed E-state index contributed by atoms with van der Waals surface area (Å²) in [6, 6.07) is 8.44. The zero-order valence-corrected chi connectivity index (χ0v) is 12.9. The van der Waals surface area contributed by atoms with E-state index in [1.807, 2.05) is 33.0 Å². The molecule has 0 aromatic heterocycles. The van der Waals surface area contributed by atoms with Crippen molar-refractivity contribution in [3.63, 3.8) is 0 Å². The Morgan fingerprint density at radius 2 is 1.58 bits per heavy atom. The summed E-state index contributed by atoms with van der Waals surface area (Å²) in [4.78, 5) is 0. The SMILES string of the molecule is CNC(c1ccc(OC(C)C)cc1)C(OC)C(C)C. The molecule has 0 saturated heterocycles. The molecule has 19 heavy (non-hydrogen) atoms. The number of benzene rings is 1. The van der Waals surface area contributed by atoms with E-state index in [1.54, 1.807) is 7.11 Å². The topological polar surface area (TPSA) is 30.5 Å². The lowest BCUT2D eigenvalue weighted by atomic mass is 9.93. The van der Waals surface area contributed by atoms with Gasteiger partial charge >= 0.3 is 0 Å². The second-order valence-corrected chi connectivity index (χ2v) is 5.45.